The zero-order chi connectivity index (χ0) is 24.7. The number of hydrogen-bond donors (Lipinski definition) is 0. The van der Waals surface area contributed by atoms with E-state index in [-0.39, 0.29) is 24.4 Å². The number of furan rings is 1. The van der Waals surface area contributed by atoms with Crippen LogP contribution in [-0.4, -0.2) is 48.4 Å². The number of amides is 2. The van der Waals surface area contributed by atoms with Crippen LogP contribution in [0.25, 0.3) is 0 Å². The molecular weight excluding hydrogens is 432 g/mol. The van der Waals surface area contributed by atoms with Crippen molar-refractivity contribution in [2.75, 3.05) is 20.8 Å². The highest BCUT2D eigenvalue weighted by atomic mass is 16.5. The maximum absolute atomic E-state index is 13.6. The average Bonchev–Trinajstić information content (AvgIpc) is 3.25. The van der Waals surface area contributed by atoms with Crippen LogP contribution in [0.15, 0.2) is 65.1 Å². The Kier molecular flexibility index (Phi) is 8.35. The first-order valence-corrected chi connectivity index (χ1v) is 11.2. The van der Waals surface area contributed by atoms with Crippen molar-refractivity contribution in [1.29, 1.82) is 0 Å². The molecule has 3 rings (SSSR count). The Morgan fingerprint density at radius 2 is 1.53 bits per heavy atom. The van der Waals surface area contributed by atoms with Crippen LogP contribution < -0.4 is 9.47 Å². The van der Waals surface area contributed by atoms with Gasteiger partial charge in [0, 0.05) is 12.6 Å². The van der Waals surface area contributed by atoms with E-state index in [2.05, 4.69) is 0 Å². The van der Waals surface area contributed by atoms with Gasteiger partial charge in [0.25, 0.3) is 5.91 Å². The Hall–Kier alpha value is -3.74. The van der Waals surface area contributed by atoms with E-state index >= 15 is 0 Å². The summed E-state index contributed by atoms with van der Waals surface area (Å²) < 4.78 is 16.6. The highest BCUT2D eigenvalue weighted by Gasteiger charge is 2.29. The summed E-state index contributed by atoms with van der Waals surface area (Å²) in [6.45, 7) is 6.24. The van der Waals surface area contributed by atoms with Crippen molar-refractivity contribution >= 4 is 11.8 Å². The SMILES string of the molecule is COc1cccc(OC)c1C(=O)N(CC(=O)N(Cc1ccccc1)Cc1ccc(C)o1)C(C)C. The van der Waals surface area contributed by atoms with Crippen molar-refractivity contribution in [3.8, 4) is 11.5 Å². The minimum Gasteiger partial charge on any atom is -0.496 e. The van der Waals surface area contributed by atoms with Gasteiger partial charge in [0.2, 0.25) is 5.91 Å². The first-order chi connectivity index (χ1) is 16.3. The highest BCUT2D eigenvalue weighted by Crippen LogP contribution is 2.30. The van der Waals surface area contributed by atoms with E-state index in [1.165, 1.54) is 19.1 Å². The fraction of sp³-hybridized carbons (Fsp3) is 0.333. The van der Waals surface area contributed by atoms with E-state index in [9.17, 15) is 9.59 Å². The monoisotopic (exact) mass is 464 g/mol. The fourth-order valence-electron chi connectivity index (χ4n) is 3.73. The number of nitrogens with zero attached hydrogens (tertiary/aromatic N) is 2. The molecule has 0 unspecified atom stereocenters. The second-order valence-corrected chi connectivity index (χ2v) is 8.31. The number of ether oxygens (including phenoxy) is 2. The van der Waals surface area contributed by atoms with E-state index in [1.54, 1.807) is 23.1 Å². The Morgan fingerprint density at radius 3 is 2.06 bits per heavy atom. The van der Waals surface area contributed by atoms with Crippen molar-refractivity contribution in [3.05, 3.63) is 83.3 Å². The molecule has 0 spiro atoms. The molecule has 0 fully saturated rings. The molecule has 7 nitrogen and oxygen atoms in total. The zero-order valence-corrected chi connectivity index (χ0v) is 20.4. The summed E-state index contributed by atoms with van der Waals surface area (Å²) in [5, 5.41) is 0. The Labute approximate surface area is 200 Å². The predicted molar refractivity (Wildman–Crippen MR) is 130 cm³/mol. The van der Waals surface area contributed by atoms with E-state index < -0.39 is 0 Å². The molecule has 1 aromatic heterocycles. The lowest BCUT2D eigenvalue weighted by atomic mass is 10.1. The number of rotatable bonds is 10. The van der Waals surface area contributed by atoms with Crippen LogP contribution in [-0.2, 0) is 17.9 Å². The fourth-order valence-corrected chi connectivity index (χ4v) is 3.73. The summed E-state index contributed by atoms with van der Waals surface area (Å²) in [4.78, 5) is 30.4. The summed E-state index contributed by atoms with van der Waals surface area (Å²) in [5.41, 5.74) is 1.29. The summed E-state index contributed by atoms with van der Waals surface area (Å²) in [6.07, 6.45) is 0. The van der Waals surface area contributed by atoms with Gasteiger partial charge in [-0.25, -0.2) is 0 Å². The van der Waals surface area contributed by atoms with Crippen molar-refractivity contribution in [2.45, 2.75) is 39.9 Å². The third-order valence-electron chi connectivity index (χ3n) is 5.54. The van der Waals surface area contributed by atoms with E-state index in [4.69, 9.17) is 13.9 Å². The quantitative estimate of drug-likeness (QED) is 0.435. The standard InChI is InChI=1S/C27H32N2O5/c1-19(2)29(27(31)26-23(32-4)12-9-13-24(26)33-5)18-25(30)28(16-21-10-7-6-8-11-21)17-22-15-14-20(3)34-22/h6-15,19H,16-18H2,1-5H3. The van der Waals surface area contributed by atoms with Gasteiger partial charge in [-0.3, -0.25) is 9.59 Å². The van der Waals surface area contributed by atoms with Gasteiger partial charge in [0.05, 0.1) is 20.8 Å². The number of methoxy groups -OCH3 is 2. The van der Waals surface area contributed by atoms with Gasteiger partial charge >= 0.3 is 0 Å². The number of carbonyl (C=O) groups excluding carboxylic acids is 2. The van der Waals surface area contributed by atoms with E-state index in [0.29, 0.717) is 35.9 Å². The lowest BCUT2D eigenvalue weighted by molar-refractivity contribution is -0.133. The van der Waals surface area contributed by atoms with E-state index in [1.807, 2.05) is 63.2 Å². The van der Waals surface area contributed by atoms with Crippen LogP contribution in [0, 0.1) is 6.92 Å². The van der Waals surface area contributed by atoms with Gasteiger partial charge in [-0.05, 0) is 50.6 Å². The van der Waals surface area contributed by atoms with E-state index in [0.717, 1.165) is 11.3 Å². The molecule has 0 aliphatic rings. The van der Waals surface area contributed by atoms with Gasteiger partial charge in [-0.15, -0.1) is 0 Å². The minimum absolute atomic E-state index is 0.0930. The summed E-state index contributed by atoms with van der Waals surface area (Å²) in [6, 6.07) is 18.4. The normalized spacial score (nSPS) is 10.8. The maximum Gasteiger partial charge on any atom is 0.262 e. The predicted octanol–water partition coefficient (Wildman–Crippen LogP) is 4.68. The highest BCUT2D eigenvalue weighted by molar-refractivity contribution is 6.01. The van der Waals surface area contributed by atoms with Crippen LogP contribution in [0.1, 0.15) is 41.3 Å². The number of aryl methyl sites for hydroxylation is 1. The van der Waals surface area contributed by atoms with Gasteiger partial charge in [0.15, 0.2) is 0 Å². The molecule has 7 heteroatoms. The van der Waals surface area contributed by atoms with Crippen molar-refractivity contribution < 1.29 is 23.5 Å². The van der Waals surface area contributed by atoms with Crippen LogP contribution in [0.2, 0.25) is 0 Å². The first-order valence-electron chi connectivity index (χ1n) is 11.2. The molecule has 1 heterocycles. The molecule has 0 saturated heterocycles. The molecule has 0 saturated carbocycles. The Morgan fingerprint density at radius 1 is 0.882 bits per heavy atom. The molecule has 0 N–H and O–H groups in total. The number of benzene rings is 2. The first kappa shape index (κ1) is 24.9. The molecule has 0 aliphatic carbocycles. The van der Waals surface area contributed by atoms with Crippen molar-refractivity contribution in [2.24, 2.45) is 0 Å². The van der Waals surface area contributed by atoms with Gasteiger partial charge < -0.3 is 23.7 Å². The number of carbonyl (C=O) groups is 2. The maximum atomic E-state index is 13.6. The zero-order valence-electron chi connectivity index (χ0n) is 20.4. The van der Waals surface area contributed by atoms with Crippen LogP contribution in [0.5, 0.6) is 11.5 Å². The smallest absolute Gasteiger partial charge is 0.262 e. The molecule has 0 radical (unpaired) electrons. The largest absolute Gasteiger partial charge is 0.496 e. The summed E-state index contributed by atoms with van der Waals surface area (Å²) >= 11 is 0. The van der Waals surface area contributed by atoms with Gasteiger partial charge in [0.1, 0.15) is 35.1 Å². The molecule has 34 heavy (non-hydrogen) atoms. The van der Waals surface area contributed by atoms with Gasteiger partial charge in [-0.2, -0.15) is 0 Å². The van der Waals surface area contributed by atoms with Crippen LogP contribution in [0.4, 0.5) is 0 Å². The average molecular weight is 465 g/mol. The van der Waals surface area contributed by atoms with Gasteiger partial charge in [-0.1, -0.05) is 36.4 Å². The topological polar surface area (TPSA) is 72.2 Å². The second kappa shape index (κ2) is 11.4. The molecule has 180 valence electrons. The molecule has 0 atom stereocenters. The van der Waals surface area contributed by atoms with Crippen molar-refractivity contribution in [3.63, 3.8) is 0 Å². The summed E-state index contributed by atoms with van der Waals surface area (Å²) in [7, 11) is 3.01. The minimum atomic E-state index is -0.328. The molecule has 2 aromatic carbocycles. The molecule has 2 amide bonds. The Bertz CT molecular complexity index is 1080. The molecule has 0 bridgehead atoms. The lowest BCUT2D eigenvalue weighted by Gasteiger charge is -2.30. The second-order valence-electron chi connectivity index (χ2n) is 8.31. The molecule has 3 aromatic rings. The third-order valence-corrected chi connectivity index (χ3v) is 5.54. The number of hydrogen-bond acceptors (Lipinski definition) is 5. The van der Waals surface area contributed by atoms with Crippen LogP contribution in [0.3, 0.4) is 0 Å². The third kappa shape index (κ3) is 5.98. The molecule has 0 aliphatic heterocycles. The lowest BCUT2D eigenvalue weighted by Crippen LogP contribution is -2.45. The van der Waals surface area contributed by atoms with Crippen LogP contribution >= 0.6 is 0 Å². The van der Waals surface area contributed by atoms with Crippen molar-refractivity contribution in [1.82, 2.24) is 9.80 Å². The molecular formula is C27H32N2O5. The summed E-state index contributed by atoms with van der Waals surface area (Å²) in [5.74, 6) is 1.75. The Balaban J connectivity index is 1.88.